The predicted molar refractivity (Wildman–Crippen MR) is 71.2 cm³/mol. The number of carbonyl (C=O) groups excluding carboxylic acids is 1. The molecule has 18 heavy (non-hydrogen) atoms. The molecular formula is C12H9Cl2N3O. The first-order chi connectivity index (χ1) is 8.56. The Morgan fingerprint density at radius 3 is 2.61 bits per heavy atom. The van der Waals surface area contributed by atoms with Crippen molar-refractivity contribution in [2.75, 3.05) is 5.32 Å². The van der Waals surface area contributed by atoms with Gasteiger partial charge in [0.1, 0.15) is 0 Å². The average molecular weight is 282 g/mol. The van der Waals surface area contributed by atoms with Gasteiger partial charge in [0.25, 0.3) is 5.91 Å². The van der Waals surface area contributed by atoms with Crippen LogP contribution in [0.25, 0.3) is 0 Å². The van der Waals surface area contributed by atoms with Crippen LogP contribution in [-0.2, 0) is 0 Å². The van der Waals surface area contributed by atoms with Gasteiger partial charge in [-0.2, -0.15) is 0 Å². The van der Waals surface area contributed by atoms with Gasteiger partial charge in [-0.25, -0.2) is 0 Å². The number of amides is 1. The minimum atomic E-state index is -0.383. The van der Waals surface area contributed by atoms with Gasteiger partial charge < -0.3 is 5.32 Å². The second-order valence-corrected chi connectivity index (χ2v) is 4.47. The highest BCUT2D eigenvalue weighted by atomic mass is 35.5. The summed E-state index contributed by atoms with van der Waals surface area (Å²) in [6.07, 6.45) is 0. The predicted octanol–water partition coefficient (Wildman–Crippen LogP) is 3.34. The van der Waals surface area contributed by atoms with Gasteiger partial charge in [0.05, 0.1) is 10.7 Å². The van der Waals surface area contributed by atoms with E-state index in [0.717, 1.165) is 5.56 Å². The third-order valence-corrected chi connectivity index (χ3v) is 2.77. The van der Waals surface area contributed by atoms with E-state index in [4.69, 9.17) is 23.2 Å². The highest BCUT2D eigenvalue weighted by molar-refractivity contribution is 6.34. The van der Waals surface area contributed by atoms with Crippen LogP contribution in [0.4, 0.5) is 5.69 Å². The summed E-state index contributed by atoms with van der Waals surface area (Å²) < 4.78 is 0. The Morgan fingerprint density at radius 1 is 1.17 bits per heavy atom. The van der Waals surface area contributed by atoms with E-state index in [0.29, 0.717) is 10.7 Å². The maximum Gasteiger partial charge on any atom is 0.276 e. The molecule has 2 rings (SSSR count). The molecule has 0 aliphatic heterocycles. The van der Waals surface area contributed by atoms with Crippen LogP contribution >= 0.6 is 23.2 Å². The van der Waals surface area contributed by atoms with Crippen molar-refractivity contribution in [2.24, 2.45) is 0 Å². The Balaban J connectivity index is 2.21. The molecule has 6 heteroatoms. The smallest absolute Gasteiger partial charge is 0.276 e. The fraction of sp³-hybridized carbons (Fsp3) is 0.0833. The van der Waals surface area contributed by atoms with Crippen molar-refractivity contribution in [1.29, 1.82) is 0 Å². The molecule has 0 spiro atoms. The number of nitrogens with one attached hydrogen (secondary N) is 1. The second-order valence-electron chi connectivity index (χ2n) is 3.68. The van der Waals surface area contributed by atoms with E-state index in [2.05, 4.69) is 15.5 Å². The minimum Gasteiger partial charge on any atom is -0.319 e. The lowest BCUT2D eigenvalue weighted by Gasteiger charge is -2.07. The number of rotatable bonds is 2. The van der Waals surface area contributed by atoms with Crippen molar-refractivity contribution in [1.82, 2.24) is 10.2 Å². The zero-order chi connectivity index (χ0) is 13.1. The SMILES string of the molecule is Cc1ccc(Cl)c(NC(=O)c2ccc(Cl)nn2)c1. The van der Waals surface area contributed by atoms with Crippen molar-refractivity contribution in [3.63, 3.8) is 0 Å². The van der Waals surface area contributed by atoms with Gasteiger partial charge in [0.15, 0.2) is 10.8 Å². The summed E-state index contributed by atoms with van der Waals surface area (Å²) in [6, 6.07) is 8.36. The lowest BCUT2D eigenvalue weighted by atomic mass is 10.2. The van der Waals surface area contributed by atoms with Gasteiger partial charge in [-0.15, -0.1) is 10.2 Å². The lowest BCUT2D eigenvalue weighted by molar-refractivity contribution is 0.102. The summed E-state index contributed by atoms with van der Waals surface area (Å²) in [5, 5.41) is 10.7. The molecule has 1 N–H and O–H groups in total. The molecule has 0 atom stereocenters. The fourth-order valence-corrected chi connectivity index (χ4v) is 1.62. The van der Waals surface area contributed by atoms with Crippen LogP contribution in [0.3, 0.4) is 0 Å². The summed E-state index contributed by atoms with van der Waals surface area (Å²) in [5.41, 5.74) is 1.72. The van der Waals surface area contributed by atoms with E-state index < -0.39 is 0 Å². The van der Waals surface area contributed by atoms with Crippen molar-refractivity contribution in [3.05, 3.63) is 51.8 Å². The summed E-state index contributed by atoms with van der Waals surface area (Å²) in [7, 11) is 0. The van der Waals surface area contributed by atoms with Crippen LogP contribution in [-0.4, -0.2) is 16.1 Å². The molecule has 4 nitrogen and oxygen atoms in total. The van der Waals surface area contributed by atoms with Crippen LogP contribution in [0.5, 0.6) is 0 Å². The molecule has 0 bridgehead atoms. The van der Waals surface area contributed by atoms with Gasteiger partial charge >= 0.3 is 0 Å². The number of benzene rings is 1. The van der Waals surface area contributed by atoms with E-state index in [1.165, 1.54) is 12.1 Å². The monoisotopic (exact) mass is 281 g/mol. The van der Waals surface area contributed by atoms with Crippen LogP contribution in [0.15, 0.2) is 30.3 Å². The molecule has 0 unspecified atom stereocenters. The van der Waals surface area contributed by atoms with E-state index in [-0.39, 0.29) is 16.8 Å². The van der Waals surface area contributed by atoms with Crippen LogP contribution in [0.2, 0.25) is 10.2 Å². The molecule has 1 aromatic heterocycles. The first-order valence-electron chi connectivity index (χ1n) is 5.13. The zero-order valence-electron chi connectivity index (χ0n) is 9.45. The quantitative estimate of drug-likeness (QED) is 0.919. The van der Waals surface area contributed by atoms with Crippen LogP contribution in [0, 0.1) is 6.92 Å². The number of carbonyl (C=O) groups is 1. The average Bonchev–Trinajstić information content (AvgIpc) is 2.34. The van der Waals surface area contributed by atoms with Gasteiger partial charge in [-0.3, -0.25) is 4.79 Å². The Labute approximate surface area is 114 Å². The molecular weight excluding hydrogens is 273 g/mol. The third-order valence-electron chi connectivity index (χ3n) is 2.23. The Morgan fingerprint density at radius 2 is 1.94 bits per heavy atom. The first kappa shape index (κ1) is 12.8. The normalized spacial score (nSPS) is 10.2. The van der Waals surface area contributed by atoms with Crippen LogP contribution < -0.4 is 5.32 Å². The topological polar surface area (TPSA) is 54.9 Å². The number of anilines is 1. The molecule has 0 aliphatic rings. The third kappa shape index (κ3) is 2.97. The molecule has 92 valence electrons. The van der Waals surface area contributed by atoms with E-state index in [9.17, 15) is 4.79 Å². The highest BCUT2D eigenvalue weighted by Gasteiger charge is 2.10. The minimum absolute atomic E-state index is 0.178. The maximum atomic E-state index is 11.9. The standard InChI is InChI=1S/C12H9Cl2N3O/c1-7-2-3-8(13)10(6-7)15-12(18)9-4-5-11(14)17-16-9/h2-6H,1H3,(H,15,18). The molecule has 2 aromatic rings. The number of hydrogen-bond acceptors (Lipinski definition) is 3. The molecule has 1 heterocycles. The molecule has 0 aliphatic carbocycles. The summed E-state index contributed by atoms with van der Waals surface area (Å²) in [6.45, 7) is 1.91. The Kier molecular flexibility index (Phi) is 3.79. The van der Waals surface area contributed by atoms with Crippen molar-refractivity contribution in [3.8, 4) is 0 Å². The summed E-state index contributed by atoms with van der Waals surface area (Å²) >= 11 is 11.6. The van der Waals surface area contributed by atoms with Gasteiger partial charge in [-0.1, -0.05) is 29.3 Å². The maximum absolute atomic E-state index is 11.9. The van der Waals surface area contributed by atoms with Crippen LogP contribution in [0.1, 0.15) is 16.1 Å². The largest absolute Gasteiger partial charge is 0.319 e. The van der Waals surface area contributed by atoms with E-state index >= 15 is 0 Å². The number of halogens is 2. The summed E-state index contributed by atoms with van der Waals surface area (Å²) in [4.78, 5) is 11.9. The summed E-state index contributed by atoms with van der Waals surface area (Å²) in [5.74, 6) is -0.383. The lowest BCUT2D eigenvalue weighted by Crippen LogP contribution is -2.14. The molecule has 0 saturated heterocycles. The van der Waals surface area contributed by atoms with Gasteiger partial charge in [0, 0.05) is 0 Å². The highest BCUT2D eigenvalue weighted by Crippen LogP contribution is 2.23. The zero-order valence-corrected chi connectivity index (χ0v) is 11.0. The van der Waals surface area contributed by atoms with Crippen molar-refractivity contribution < 1.29 is 4.79 Å². The van der Waals surface area contributed by atoms with E-state index in [1.807, 2.05) is 13.0 Å². The van der Waals surface area contributed by atoms with E-state index in [1.54, 1.807) is 12.1 Å². The molecule has 0 fully saturated rings. The molecule has 0 radical (unpaired) electrons. The fourth-order valence-electron chi connectivity index (χ4n) is 1.36. The molecule has 1 amide bonds. The van der Waals surface area contributed by atoms with Gasteiger partial charge in [0.2, 0.25) is 0 Å². The number of hydrogen-bond donors (Lipinski definition) is 1. The molecule has 0 saturated carbocycles. The Bertz CT molecular complexity index is 584. The number of aromatic nitrogens is 2. The Hall–Kier alpha value is -1.65. The number of nitrogens with zero attached hydrogens (tertiary/aromatic N) is 2. The van der Waals surface area contributed by atoms with Gasteiger partial charge in [-0.05, 0) is 36.8 Å². The van der Waals surface area contributed by atoms with Crippen molar-refractivity contribution in [2.45, 2.75) is 6.92 Å². The molecule has 1 aromatic carbocycles. The van der Waals surface area contributed by atoms with Crippen molar-refractivity contribution >= 4 is 34.8 Å². The second kappa shape index (κ2) is 5.33. The first-order valence-corrected chi connectivity index (χ1v) is 5.88. The number of aryl methyl sites for hydroxylation is 1.